The summed E-state index contributed by atoms with van der Waals surface area (Å²) >= 11 is 0. The Morgan fingerprint density at radius 3 is 2.10 bits per heavy atom. The number of hydrogen-bond donors (Lipinski definition) is 3. The highest BCUT2D eigenvalue weighted by Crippen LogP contribution is 2.65. The minimum Gasteiger partial charge on any atom is -0.394 e. The van der Waals surface area contributed by atoms with E-state index < -0.39 is 35.1 Å². The Morgan fingerprint density at radius 2 is 1.57 bits per heavy atom. The summed E-state index contributed by atoms with van der Waals surface area (Å²) in [5.74, 6) is -2.51. The summed E-state index contributed by atoms with van der Waals surface area (Å²) in [7, 11) is 0. The molecule has 0 saturated carbocycles. The van der Waals surface area contributed by atoms with Gasteiger partial charge in [-0.05, 0) is 36.3 Å². The van der Waals surface area contributed by atoms with Crippen LogP contribution in [0.5, 0.6) is 0 Å². The number of rotatable bonds is 10. The number of nitrogens with zero attached hydrogens (tertiary/aromatic N) is 1. The van der Waals surface area contributed by atoms with Gasteiger partial charge in [0.15, 0.2) is 0 Å². The molecule has 0 aromatic heterocycles. The van der Waals surface area contributed by atoms with E-state index in [4.69, 9.17) is 4.74 Å². The van der Waals surface area contributed by atoms with Gasteiger partial charge in [0.25, 0.3) is 0 Å². The Balaban J connectivity index is 1.50. The molecule has 8 nitrogen and oxygen atoms in total. The molecule has 2 aromatic carbocycles. The molecule has 3 heterocycles. The zero-order valence-corrected chi connectivity index (χ0v) is 23.8. The van der Waals surface area contributed by atoms with E-state index in [-0.39, 0.29) is 36.2 Å². The van der Waals surface area contributed by atoms with Crippen molar-refractivity contribution < 1.29 is 24.2 Å². The number of ether oxygens (including phenoxy) is 1. The van der Waals surface area contributed by atoms with Crippen molar-refractivity contribution in [1.82, 2.24) is 15.5 Å². The van der Waals surface area contributed by atoms with Crippen LogP contribution >= 0.6 is 0 Å². The minimum absolute atomic E-state index is 0.0513. The fourth-order valence-electron chi connectivity index (χ4n) is 7.32. The van der Waals surface area contributed by atoms with Crippen LogP contribution in [0.15, 0.2) is 60.7 Å². The van der Waals surface area contributed by atoms with Crippen LogP contribution in [0.1, 0.15) is 51.7 Å². The number of aliphatic hydroxyl groups excluding tert-OH is 1. The van der Waals surface area contributed by atoms with Crippen LogP contribution in [-0.2, 0) is 32.2 Å². The van der Waals surface area contributed by atoms with Gasteiger partial charge in [-0.3, -0.25) is 14.4 Å². The fourth-order valence-corrected chi connectivity index (χ4v) is 7.32. The Hall–Kier alpha value is -3.23. The third kappa shape index (κ3) is 4.51. The molecule has 214 valence electrons. The van der Waals surface area contributed by atoms with Gasteiger partial charge in [0, 0.05) is 13.1 Å². The van der Waals surface area contributed by atoms with Crippen LogP contribution in [0.3, 0.4) is 0 Å². The molecule has 3 aliphatic heterocycles. The third-order valence-corrected chi connectivity index (χ3v) is 9.75. The highest BCUT2D eigenvalue weighted by molar-refractivity contribution is 5.99. The number of fused-ring (bicyclic) bond motifs is 1. The van der Waals surface area contributed by atoms with Gasteiger partial charge in [0.05, 0.1) is 30.1 Å². The van der Waals surface area contributed by atoms with Crippen molar-refractivity contribution in [3.05, 3.63) is 71.8 Å². The van der Waals surface area contributed by atoms with E-state index in [2.05, 4.69) is 10.6 Å². The van der Waals surface area contributed by atoms with E-state index in [1.807, 2.05) is 88.4 Å². The second-order valence-electron chi connectivity index (χ2n) is 12.0. The molecule has 3 aliphatic rings. The average molecular weight is 548 g/mol. The first-order valence-corrected chi connectivity index (χ1v) is 14.4. The fraction of sp³-hybridized carbons (Fsp3) is 0.531. The van der Waals surface area contributed by atoms with Gasteiger partial charge in [0.1, 0.15) is 11.6 Å². The maximum absolute atomic E-state index is 14.4. The second-order valence-corrected chi connectivity index (χ2v) is 12.0. The SMILES string of the molecule is CC[C@H](C)[C@H](CO)N1C(=O)[C@@H]2[C@@H](C(=O)NCc3ccccc3)[C@]3(C)OC2(CC3C)C1C(=O)NCc1ccccc1. The molecule has 2 aromatic rings. The Bertz CT molecular complexity index is 1240. The summed E-state index contributed by atoms with van der Waals surface area (Å²) in [5.41, 5.74) is -0.142. The normalized spacial score (nSPS) is 32.0. The molecule has 3 fully saturated rings. The number of aliphatic hydroxyl groups is 1. The molecule has 3 unspecified atom stereocenters. The largest absolute Gasteiger partial charge is 0.394 e. The van der Waals surface area contributed by atoms with Gasteiger partial charge in [-0.1, -0.05) is 87.9 Å². The van der Waals surface area contributed by atoms with E-state index in [0.717, 1.165) is 17.5 Å². The lowest BCUT2D eigenvalue weighted by atomic mass is 9.62. The van der Waals surface area contributed by atoms with E-state index in [1.165, 1.54) is 0 Å². The number of likely N-dealkylation sites (tertiary alicyclic amines) is 1. The van der Waals surface area contributed by atoms with E-state index >= 15 is 0 Å². The quantitative estimate of drug-likeness (QED) is 0.424. The zero-order chi connectivity index (χ0) is 28.7. The van der Waals surface area contributed by atoms with Gasteiger partial charge in [-0.25, -0.2) is 0 Å². The first-order valence-electron chi connectivity index (χ1n) is 14.4. The van der Waals surface area contributed by atoms with Crippen molar-refractivity contribution in [1.29, 1.82) is 0 Å². The number of hydrogen-bond acceptors (Lipinski definition) is 5. The Kier molecular flexibility index (Phi) is 7.77. The monoisotopic (exact) mass is 547 g/mol. The van der Waals surface area contributed by atoms with E-state index in [0.29, 0.717) is 19.5 Å². The molecule has 3 saturated heterocycles. The van der Waals surface area contributed by atoms with Crippen molar-refractivity contribution in [3.8, 4) is 0 Å². The van der Waals surface area contributed by atoms with Gasteiger partial charge >= 0.3 is 0 Å². The van der Waals surface area contributed by atoms with Crippen LogP contribution in [0.4, 0.5) is 0 Å². The van der Waals surface area contributed by atoms with Crippen LogP contribution in [0.2, 0.25) is 0 Å². The molecule has 3 N–H and O–H groups in total. The highest BCUT2D eigenvalue weighted by Gasteiger charge is 2.80. The summed E-state index contributed by atoms with van der Waals surface area (Å²) < 4.78 is 6.80. The van der Waals surface area contributed by atoms with Crippen LogP contribution in [0, 0.1) is 23.7 Å². The van der Waals surface area contributed by atoms with E-state index in [1.54, 1.807) is 4.90 Å². The maximum Gasteiger partial charge on any atom is 0.246 e. The molecule has 3 amide bonds. The van der Waals surface area contributed by atoms with Gasteiger partial charge in [0.2, 0.25) is 17.7 Å². The Morgan fingerprint density at radius 1 is 1.02 bits per heavy atom. The predicted molar refractivity (Wildman–Crippen MR) is 151 cm³/mol. The minimum atomic E-state index is -1.15. The molecular formula is C32H41N3O5. The standard InChI is InChI=1S/C32H41N3O5/c1-5-20(2)24(19-36)35-27(29(38)34-18-23-14-10-7-11-15-23)32-16-21(3)31(4,40-32)25(26(32)30(35)39)28(37)33-17-22-12-8-6-9-13-22/h6-15,20-21,24-27,36H,5,16-19H2,1-4H3,(H,33,37)(H,34,38)/t20-,21?,24-,25-,26-,27?,31+,32?/m0/s1. The molecule has 40 heavy (non-hydrogen) atoms. The predicted octanol–water partition coefficient (Wildman–Crippen LogP) is 3.04. The summed E-state index contributed by atoms with van der Waals surface area (Å²) in [6.07, 6.45) is 1.21. The smallest absolute Gasteiger partial charge is 0.246 e. The summed E-state index contributed by atoms with van der Waals surface area (Å²) in [6, 6.07) is 17.7. The molecule has 8 heteroatoms. The molecule has 2 bridgehead atoms. The maximum atomic E-state index is 14.4. The first kappa shape index (κ1) is 28.3. The number of amides is 3. The van der Waals surface area contributed by atoms with Crippen LogP contribution in [-0.4, -0.2) is 57.6 Å². The lowest BCUT2D eigenvalue weighted by Crippen LogP contribution is -2.59. The summed E-state index contributed by atoms with van der Waals surface area (Å²) in [5, 5.41) is 16.6. The van der Waals surface area contributed by atoms with Crippen molar-refractivity contribution in [3.63, 3.8) is 0 Å². The van der Waals surface area contributed by atoms with Crippen molar-refractivity contribution >= 4 is 17.7 Å². The van der Waals surface area contributed by atoms with Crippen molar-refractivity contribution in [2.75, 3.05) is 6.61 Å². The van der Waals surface area contributed by atoms with E-state index in [9.17, 15) is 19.5 Å². The van der Waals surface area contributed by atoms with Gasteiger partial charge < -0.3 is 25.4 Å². The summed E-state index contributed by atoms with van der Waals surface area (Å²) in [4.78, 5) is 43.9. The first-order chi connectivity index (χ1) is 19.2. The number of benzene rings is 2. The van der Waals surface area contributed by atoms with Crippen LogP contribution < -0.4 is 10.6 Å². The van der Waals surface area contributed by atoms with Crippen molar-refractivity contribution in [2.24, 2.45) is 23.7 Å². The van der Waals surface area contributed by atoms with Crippen molar-refractivity contribution in [2.45, 2.75) is 76.9 Å². The Labute approximate surface area is 236 Å². The topological polar surface area (TPSA) is 108 Å². The molecule has 8 atom stereocenters. The third-order valence-electron chi connectivity index (χ3n) is 9.75. The lowest BCUT2D eigenvalue weighted by Gasteiger charge is -2.39. The summed E-state index contributed by atoms with van der Waals surface area (Å²) in [6.45, 7) is 8.29. The van der Waals surface area contributed by atoms with Gasteiger partial charge in [-0.2, -0.15) is 0 Å². The van der Waals surface area contributed by atoms with Crippen LogP contribution in [0.25, 0.3) is 0 Å². The number of nitrogens with one attached hydrogen (secondary N) is 2. The highest BCUT2D eigenvalue weighted by atomic mass is 16.5. The second kappa shape index (κ2) is 11.0. The number of carbonyl (C=O) groups excluding carboxylic acids is 3. The van der Waals surface area contributed by atoms with Gasteiger partial charge in [-0.15, -0.1) is 0 Å². The number of carbonyl (C=O) groups is 3. The zero-order valence-electron chi connectivity index (χ0n) is 23.8. The average Bonchev–Trinajstić information content (AvgIpc) is 3.48. The molecule has 0 radical (unpaired) electrons. The molecule has 0 aliphatic carbocycles. The molecule has 1 spiro atoms. The lowest BCUT2D eigenvalue weighted by molar-refractivity contribution is -0.152. The molecular weight excluding hydrogens is 506 g/mol. The molecule has 5 rings (SSSR count).